The topological polar surface area (TPSA) is 8.17 Å². The fraction of sp³-hybridized carbons (Fsp3) is 0.156. The van der Waals surface area contributed by atoms with Gasteiger partial charge in [0.05, 0.1) is 33.8 Å². The summed E-state index contributed by atoms with van der Waals surface area (Å²) in [5.41, 5.74) is 13.0. The van der Waals surface area contributed by atoms with Gasteiger partial charge in [-0.15, -0.1) is 0 Å². The van der Waals surface area contributed by atoms with Crippen LogP contribution in [0.25, 0.3) is 38.6 Å². The largest absolute Gasteiger partial charge is 0.309 e. The van der Waals surface area contributed by atoms with Gasteiger partial charge >= 0.3 is 0 Å². The van der Waals surface area contributed by atoms with Gasteiger partial charge < -0.3 is 9.47 Å². The fourth-order valence-corrected chi connectivity index (χ4v) is 19.5. The Labute approximate surface area is 394 Å². The molecule has 4 saturated carbocycles. The van der Waals surface area contributed by atoms with E-state index in [9.17, 15) is 0 Å². The predicted octanol–water partition coefficient (Wildman–Crippen LogP) is 13.4. The lowest BCUT2D eigenvalue weighted by atomic mass is 9.41. The first-order valence-electron chi connectivity index (χ1n) is 24.6. The van der Waals surface area contributed by atoms with Crippen LogP contribution >= 0.6 is 0 Å². The molecule has 1 spiro atoms. The van der Waals surface area contributed by atoms with E-state index >= 15 is 0 Å². The van der Waals surface area contributed by atoms with Crippen LogP contribution in [0.4, 0.5) is 17.1 Å². The highest BCUT2D eigenvalue weighted by Gasteiger charge is 2.61. The zero-order valence-electron chi connectivity index (χ0n) is 37.7. The molecule has 1 aromatic heterocycles. The van der Waals surface area contributed by atoms with Crippen molar-refractivity contribution in [3.63, 3.8) is 0 Å². The van der Waals surface area contributed by atoms with Crippen molar-refractivity contribution < 1.29 is 0 Å². The van der Waals surface area contributed by atoms with Crippen molar-refractivity contribution in [1.29, 1.82) is 0 Å². The summed E-state index contributed by atoms with van der Waals surface area (Å²) in [5, 5.41) is 8.03. The van der Waals surface area contributed by atoms with E-state index in [-0.39, 0.29) is 5.41 Å². The van der Waals surface area contributed by atoms with Crippen molar-refractivity contribution in [2.24, 2.45) is 23.7 Å². The van der Waals surface area contributed by atoms with E-state index in [1.807, 2.05) is 0 Å². The third-order valence-electron chi connectivity index (χ3n) is 16.9. The molecule has 4 aliphatic carbocycles. The molecule has 2 nitrogen and oxygen atoms in total. The minimum absolute atomic E-state index is 0.0217. The van der Waals surface area contributed by atoms with Crippen LogP contribution in [0.15, 0.2) is 231 Å². The molecule has 9 aromatic carbocycles. The molecule has 0 saturated heterocycles. The first-order chi connectivity index (χ1) is 33.2. The van der Waals surface area contributed by atoms with Crippen molar-refractivity contribution in [3.05, 3.63) is 242 Å². The zero-order chi connectivity index (χ0) is 44.1. The minimum Gasteiger partial charge on any atom is -0.309 e. The van der Waals surface area contributed by atoms with E-state index in [1.54, 1.807) is 0 Å². The Kier molecular flexibility index (Phi) is 8.83. The molecule has 4 bridgehead atoms. The van der Waals surface area contributed by atoms with Crippen LogP contribution in [-0.2, 0) is 5.41 Å². The van der Waals surface area contributed by atoms with Gasteiger partial charge in [-0.3, -0.25) is 0 Å². The molecular formula is C64H52N2Si. The van der Waals surface area contributed by atoms with E-state index in [1.165, 1.54) is 120 Å². The maximum atomic E-state index is 2.68. The monoisotopic (exact) mass is 876 g/mol. The summed E-state index contributed by atoms with van der Waals surface area (Å²) in [6.07, 6.45) is 6.86. The summed E-state index contributed by atoms with van der Waals surface area (Å²) in [6, 6.07) is 88.1. The number of nitrogens with zero attached hydrogens (tertiary/aromatic N) is 2. The van der Waals surface area contributed by atoms with Crippen LogP contribution in [0.3, 0.4) is 0 Å². The zero-order valence-corrected chi connectivity index (χ0v) is 38.7. The molecule has 0 unspecified atom stereocenters. The first-order valence-corrected chi connectivity index (χ1v) is 26.6. The molecule has 4 fully saturated rings. The molecule has 0 amide bonds. The molecule has 10 aromatic rings. The maximum absolute atomic E-state index is 2.87. The number of rotatable bonds is 7. The highest BCUT2D eigenvalue weighted by molar-refractivity contribution is 7.19. The van der Waals surface area contributed by atoms with E-state index in [0.717, 1.165) is 11.8 Å². The Morgan fingerprint density at radius 3 is 1.31 bits per heavy atom. The molecule has 2 heterocycles. The van der Waals surface area contributed by atoms with Crippen LogP contribution < -0.4 is 25.6 Å². The lowest BCUT2D eigenvalue weighted by Crippen LogP contribution is -2.74. The Balaban J connectivity index is 1.08. The molecule has 0 N–H and O–H groups in total. The standard InChI is InChI=1S/C64H52N2Si/c1-4-21-49(22-5-1)67(50-23-6-2-7-24-50,51-25-8-3-9-26-51)52-27-18-20-46(43-52)63-61(65-57-32-14-10-28-53(57)54-29-11-15-33-58(54)65)36-19-37-62(63)66-59-34-16-12-30-55(59)64(56-31-13-17-35-60(56)66)47-39-44-38-45(41-47)42-48(64)40-44/h1-37,43-45,47-48H,38-42H2. The van der Waals surface area contributed by atoms with Gasteiger partial charge in [0.25, 0.3) is 0 Å². The molecule has 1 aliphatic heterocycles. The Morgan fingerprint density at radius 1 is 0.358 bits per heavy atom. The third kappa shape index (κ3) is 5.55. The Hall–Kier alpha value is -7.20. The van der Waals surface area contributed by atoms with Gasteiger partial charge in [0.2, 0.25) is 0 Å². The first kappa shape index (κ1) is 39.0. The number of aromatic nitrogens is 1. The second kappa shape index (κ2) is 15.2. The smallest absolute Gasteiger partial charge is 0.179 e. The van der Waals surface area contributed by atoms with Crippen molar-refractivity contribution in [2.75, 3.05) is 4.90 Å². The number of benzene rings is 9. The second-order valence-electron chi connectivity index (χ2n) is 20.0. The summed E-state index contributed by atoms with van der Waals surface area (Å²) in [5.74, 6) is 3.09. The van der Waals surface area contributed by atoms with Gasteiger partial charge in [-0.2, -0.15) is 0 Å². The van der Waals surface area contributed by atoms with Gasteiger partial charge in [-0.25, -0.2) is 0 Å². The van der Waals surface area contributed by atoms with Crippen LogP contribution in [-0.4, -0.2) is 12.6 Å². The van der Waals surface area contributed by atoms with E-state index in [2.05, 4.69) is 240 Å². The predicted molar refractivity (Wildman–Crippen MR) is 282 cm³/mol. The van der Waals surface area contributed by atoms with E-state index < -0.39 is 8.07 Å². The van der Waals surface area contributed by atoms with E-state index in [4.69, 9.17) is 0 Å². The molecule has 0 radical (unpaired) electrons. The molecule has 322 valence electrons. The highest BCUT2D eigenvalue weighted by atomic mass is 28.3. The number of para-hydroxylation sites is 4. The molecule has 67 heavy (non-hydrogen) atoms. The maximum Gasteiger partial charge on any atom is 0.179 e. The van der Waals surface area contributed by atoms with Gasteiger partial charge in [-0.05, 0) is 130 Å². The number of fused-ring (bicyclic) bond motifs is 5. The normalized spacial score (nSPS) is 20.0. The molecule has 3 heteroatoms. The van der Waals surface area contributed by atoms with Crippen LogP contribution in [0.5, 0.6) is 0 Å². The van der Waals surface area contributed by atoms with Gasteiger partial charge in [0, 0.05) is 21.8 Å². The molecular weight excluding hydrogens is 825 g/mol. The second-order valence-corrected chi connectivity index (χ2v) is 23.8. The van der Waals surface area contributed by atoms with Gasteiger partial charge in [-0.1, -0.05) is 194 Å². The summed E-state index contributed by atoms with van der Waals surface area (Å²) >= 11 is 0. The SMILES string of the molecule is c1ccc([Si](c2ccccc2)(c2ccccc2)c2cccc(-c3c(N4c5ccccc5C5(c6ccccc64)C4CC6CC(C4)CC5C6)cccc3-n3c4ccccc4c4ccccc43)c2)cc1. The van der Waals surface area contributed by atoms with Crippen molar-refractivity contribution in [2.45, 2.75) is 37.5 Å². The highest BCUT2D eigenvalue weighted by Crippen LogP contribution is 2.69. The van der Waals surface area contributed by atoms with Gasteiger partial charge in [0.1, 0.15) is 0 Å². The lowest BCUT2D eigenvalue weighted by molar-refractivity contribution is -0.0419. The van der Waals surface area contributed by atoms with E-state index in [0.29, 0.717) is 11.8 Å². The summed E-state index contributed by atoms with van der Waals surface area (Å²) in [4.78, 5) is 2.68. The van der Waals surface area contributed by atoms with Crippen molar-refractivity contribution in [1.82, 2.24) is 4.57 Å². The number of anilines is 3. The average Bonchev–Trinajstić information content (AvgIpc) is 3.73. The number of hydrogen-bond donors (Lipinski definition) is 0. The summed E-state index contributed by atoms with van der Waals surface area (Å²) in [6.45, 7) is 0. The van der Waals surface area contributed by atoms with Crippen LogP contribution in [0, 0.1) is 23.7 Å². The van der Waals surface area contributed by atoms with Crippen molar-refractivity contribution in [3.8, 4) is 16.8 Å². The lowest BCUT2D eigenvalue weighted by Gasteiger charge is -2.64. The molecule has 15 rings (SSSR count). The summed E-state index contributed by atoms with van der Waals surface area (Å²) in [7, 11) is -2.87. The van der Waals surface area contributed by atoms with Crippen LogP contribution in [0.2, 0.25) is 0 Å². The summed E-state index contributed by atoms with van der Waals surface area (Å²) < 4.78 is 2.55. The third-order valence-corrected chi connectivity index (χ3v) is 21.7. The number of hydrogen-bond acceptors (Lipinski definition) is 1. The van der Waals surface area contributed by atoms with Crippen molar-refractivity contribution >= 4 is 67.7 Å². The average molecular weight is 877 g/mol. The van der Waals surface area contributed by atoms with Crippen LogP contribution in [0.1, 0.15) is 43.2 Å². The van der Waals surface area contributed by atoms with Gasteiger partial charge in [0.15, 0.2) is 8.07 Å². The Bertz CT molecular complexity index is 3270. The molecule has 5 aliphatic rings. The fourth-order valence-electron chi connectivity index (χ4n) is 14.7. The molecule has 0 atom stereocenters. The Morgan fingerprint density at radius 2 is 0.776 bits per heavy atom. The quantitative estimate of drug-likeness (QED) is 0.114. The minimum atomic E-state index is -2.87.